The maximum Gasteiger partial charge on any atom is 0.182 e. The Morgan fingerprint density at radius 2 is 1.92 bits per heavy atom. The fraction of sp³-hybridized carbons (Fsp3) is 0.407. The van der Waals surface area contributed by atoms with Crippen LogP contribution in [0.25, 0.3) is 21.5 Å². The van der Waals surface area contributed by atoms with Crippen LogP contribution in [0.5, 0.6) is 5.75 Å². The molecule has 1 aromatic carbocycles. The van der Waals surface area contributed by atoms with Crippen molar-refractivity contribution >= 4 is 32.6 Å². The van der Waals surface area contributed by atoms with Gasteiger partial charge in [-0.05, 0) is 63.2 Å². The van der Waals surface area contributed by atoms with Gasteiger partial charge >= 0.3 is 0 Å². The van der Waals surface area contributed by atoms with E-state index in [1.807, 2.05) is 20.3 Å². The standard InChI is InChI=1S/C27H33N7OS/c1-15(2)23-17(4)25(32-22(31-23)14-33(5)6)34-7-8-35-24-16(3)9-18(10-20(24)13-34)19-11-21-26(29-12-19)36-27(28)30-21/h9-12,15H,7-8,13-14H2,1-6H3,(H2,28,30). The van der Waals surface area contributed by atoms with E-state index in [1.165, 1.54) is 11.3 Å². The molecular weight excluding hydrogens is 470 g/mol. The van der Waals surface area contributed by atoms with Crippen LogP contribution >= 0.6 is 11.3 Å². The smallest absolute Gasteiger partial charge is 0.182 e. The summed E-state index contributed by atoms with van der Waals surface area (Å²) in [7, 11) is 4.09. The average Bonchev–Trinajstić information content (AvgIpc) is 3.05. The summed E-state index contributed by atoms with van der Waals surface area (Å²) in [5, 5.41) is 0.534. The summed E-state index contributed by atoms with van der Waals surface area (Å²) in [5.74, 6) is 3.12. The van der Waals surface area contributed by atoms with Crippen LogP contribution in [0.2, 0.25) is 0 Å². The second-order valence-corrected chi connectivity index (χ2v) is 11.0. The third-order valence-corrected chi connectivity index (χ3v) is 7.23. The number of nitrogen functional groups attached to an aromatic ring is 1. The zero-order chi connectivity index (χ0) is 25.6. The largest absolute Gasteiger partial charge is 0.491 e. The SMILES string of the molecule is Cc1cc(-c2cnc3sc(N)nc3c2)cc2c1OCCN(c1nc(CN(C)C)nc(C(C)C)c1C)C2. The Bertz CT molecular complexity index is 1430. The predicted octanol–water partition coefficient (Wildman–Crippen LogP) is 4.93. The first-order chi connectivity index (χ1) is 17.2. The van der Waals surface area contributed by atoms with Gasteiger partial charge < -0.3 is 20.3 Å². The third-order valence-electron chi connectivity index (χ3n) is 6.43. The van der Waals surface area contributed by atoms with Crippen LogP contribution in [-0.2, 0) is 13.1 Å². The van der Waals surface area contributed by atoms with Crippen LogP contribution < -0.4 is 15.4 Å². The Kier molecular flexibility index (Phi) is 6.53. The van der Waals surface area contributed by atoms with E-state index in [9.17, 15) is 0 Å². The molecule has 3 aromatic heterocycles. The highest BCUT2D eigenvalue weighted by Gasteiger charge is 2.24. The molecule has 0 radical (unpaired) electrons. The van der Waals surface area contributed by atoms with Crippen molar-refractivity contribution in [2.75, 3.05) is 37.9 Å². The molecule has 0 fully saturated rings. The molecule has 0 bridgehead atoms. The molecule has 8 nitrogen and oxygen atoms in total. The molecule has 0 atom stereocenters. The monoisotopic (exact) mass is 503 g/mol. The molecule has 2 N–H and O–H groups in total. The molecule has 4 aromatic rings. The van der Waals surface area contributed by atoms with Crippen LogP contribution in [0.3, 0.4) is 0 Å². The van der Waals surface area contributed by atoms with Crippen molar-refractivity contribution in [1.29, 1.82) is 0 Å². The summed E-state index contributed by atoms with van der Waals surface area (Å²) < 4.78 is 6.27. The minimum Gasteiger partial charge on any atom is -0.491 e. The Labute approximate surface area is 216 Å². The number of aromatic nitrogens is 4. The molecule has 4 heterocycles. The Balaban J connectivity index is 1.55. The highest BCUT2D eigenvalue weighted by Crippen LogP contribution is 2.36. The first-order valence-electron chi connectivity index (χ1n) is 12.3. The van der Waals surface area contributed by atoms with Gasteiger partial charge in [0.2, 0.25) is 0 Å². The van der Waals surface area contributed by atoms with Crippen molar-refractivity contribution in [3.63, 3.8) is 0 Å². The van der Waals surface area contributed by atoms with Gasteiger partial charge in [0, 0.05) is 29.4 Å². The van der Waals surface area contributed by atoms with Crippen LogP contribution in [0.4, 0.5) is 10.9 Å². The summed E-state index contributed by atoms with van der Waals surface area (Å²) in [4.78, 5) is 24.2. The van der Waals surface area contributed by atoms with Gasteiger partial charge in [-0.15, -0.1) is 0 Å². The molecule has 5 rings (SSSR count). The summed E-state index contributed by atoms with van der Waals surface area (Å²) >= 11 is 1.41. The number of aryl methyl sites for hydroxylation is 1. The number of anilines is 2. The maximum absolute atomic E-state index is 6.27. The Hall–Kier alpha value is -3.30. The number of nitrogens with two attached hydrogens (primary N) is 1. The highest BCUT2D eigenvalue weighted by molar-refractivity contribution is 7.21. The van der Waals surface area contributed by atoms with E-state index in [0.29, 0.717) is 30.7 Å². The fourth-order valence-electron chi connectivity index (χ4n) is 4.85. The van der Waals surface area contributed by atoms with Gasteiger partial charge in [0.1, 0.15) is 34.3 Å². The minimum absolute atomic E-state index is 0.319. The van der Waals surface area contributed by atoms with Crippen LogP contribution in [0, 0.1) is 13.8 Å². The summed E-state index contributed by atoms with van der Waals surface area (Å²) in [6, 6.07) is 6.43. The average molecular weight is 504 g/mol. The third kappa shape index (κ3) is 4.73. The zero-order valence-electron chi connectivity index (χ0n) is 21.8. The topological polar surface area (TPSA) is 93.3 Å². The Morgan fingerprint density at radius 1 is 1.11 bits per heavy atom. The van der Waals surface area contributed by atoms with Crippen molar-refractivity contribution in [1.82, 2.24) is 24.8 Å². The van der Waals surface area contributed by atoms with Gasteiger partial charge in [0.15, 0.2) is 5.13 Å². The van der Waals surface area contributed by atoms with Gasteiger partial charge in [-0.25, -0.2) is 19.9 Å². The van der Waals surface area contributed by atoms with Crippen molar-refractivity contribution in [3.05, 3.63) is 52.6 Å². The lowest BCUT2D eigenvalue weighted by Crippen LogP contribution is -2.28. The van der Waals surface area contributed by atoms with E-state index in [2.05, 4.69) is 65.7 Å². The number of pyridine rings is 1. The molecular formula is C27H33N7OS. The van der Waals surface area contributed by atoms with E-state index in [4.69, 9.17) is 20.4 Å². The van der Waals surface area contributed by atoms with Gasteiger partial charge in [-0.1, -0.05) is 25.2 Å². The van der Waals surface area contributed by atoms with E-state index in [0.717, 1.165) is 67.8 Å². The lowest BCUT2D eigenvalue weighted by Gasteiger charge is -2.26. The Morgan fingerprint density at radius 3 is 2.67 bits per heavy atom. The van der Waals surface area contributed by atoms with E-state index >= 15 is 0 Å². The summed E-state index contributed by atoms with van der Waals surface area (Å²) in [6.07, 6.45) is 1.90. The van der Waals surface area contributed by atoms with Gasteiger partial charge in [-0.2, -0.15) is 0 Å². The number of rotatable bonds is 5. The van der Waals surface area contributed by atoms with Crippen molar-refractivity contribution in [3.8, 4) is 16.9 Å². The summed E-state index contributed by atoms with van der Waals surface area (Å²) in [5.41, 5.74) is 13.3. The fourth-order valence-corrected chi connectivity index (χ4v) is 5.51. The van der Waals surface area contributed by atoms with Gasteiger partial charge in [0.05, 0.1) is 18.8 Å². The van der Waals surface area contributed by atoms with E-state index in [-0.39, 0.29) is 0 Å². The first kappa shape index (κ1) is 24.4. The van der Waals surface area contributed by atoms with E-state index in [1.54, 1.807) is 0 Å². The predicted molar refractivity (Wildman–Crippen MR) is 147 cm³/mol. The molecule has 0 amide bonds. The molecule has 9 heteroatoms. The van der Waals surface area contributed by atoms with Crippen LogP contribution in [-0.4, -0.2) is 52.1 Å². The zero-order valence-corrected chi connectivity index (χ0v) is 22.6. The number of fused-ring (bicyclic) bond motifs is 2. The number of nitrogens with zero attached hydrogens (tertiary/aromatic N) is 6. The molecule has 0 aliphatic carbocycles. The molecule has 188 valence electrons. The lowest BCUT2D eigenvalue weighted by atomic mass is 9.99. The summed E-state index contributed by atoms with van der Waals surface area (Å²) in [6.45, 7) is 11.4. The molecule has 1 aliphatic heterocycles. The van der Waals surface area contributed by atoms with Gasteiger partial charge in [-0.3, -0.25) is 0 Å². The number of benzene rings is 1. The maximum atomic E-state index is 6.27. The molecule has 0 saturated carbocycles. The van der Waals surface area contributed by atoms with Gasteiger partial charge in [0.25, 0.3) is 0 Å². The lowest BCUT2D eigenvalue weighted by molar-refractivity contribution is 0.329. The van der Waals surface area contributed by atoms with E-state index < -0.39 is 0 Å². The number of hydrogen-bond acceptors (Lipinski definition) is 9. The van der Waals surface area contributed by atoms with Crippen LogP contribution in [0.15, 0.2) is 24.4 Å². The molecule has 0 saturated heterocycles. The number of hydrogen-bond donors (Lipinski definition) is 1. The first-order valence-corrected chi connectivity index (χ1v) is 13.1. The molecule has 1 aliphatic rings. The van der Waals surface area contributed by atoms with Crippen molar-refractivity contribution in [2.24, 2.45) is 0 Å². The minimum atomic E-state index is 0.319. The second-order valence-electron chi connectivity index (χ2n) is 10.0. The number of thiazole rings is 1. The second kappa shape index (κ2) is 9.63. The van der Waals surface area contributed by atoms with Crippen molar-refractivity contribution in [2.45, 2.75) is 46.7 Å². The molecule has 36 heavy (non-hydrogen) atoms. The normalized spacial score (nSPS) is 13.8. The molecule has 0 unspecified atom stereocenters. The number of ether oxygens (including phenoxy) is 1. The van der Waals surface area contributed by atoms with Crippen molar-refractivity contribution < 1.29 is 4.74 Å². The quantitative estimate of drug-likeness (QED) is 0.410. The van der Waals surface area contributed by atoms with Crippen LogP contribution in [0.1, 0.15) is 48.0 Å². The molecule has 0 spiro atoms. The highest BCUT2D eigenvalue weighted by atomic mass is 32.1.